The zero-order valence-electron chi connectivity index (χ0n) is 19.0. The van der Waals surface area contributed by atoms with Crippen molar-refractivity contribution < 1.29 is 28.5 Å². The van der Waals surface area contributed by atoms with Crippen LogP contribution >= 0.6 is 8.03 Å². The Hall–Kier alpha value is -3.06. The van der Waals surface area contributed by atoms with Crippen LogP contribution in [0.25, 0.3) is 23.0 Å². The number of halogens is 1. The number of carboxylic acids is 1. The molecule has 2 aromatic carbocycles. The minimum Gasteiger partial charge on any atom is -0.481 e. The minimum atomic E-state index is -2.59. The van der Waals surface area contributed by atoms with Gasteiger partial charge in [-0.1, -0.05) is 44.2 Å². The molecule has 0 saturated carbocycles. The number of nitrogens with zero attached hydrogens (tertiary/aromatic N) is 2. The van der Waals surface area contributed by atoms with Gasteiger partial charge in [-0.25, -0.2) is 9.07 Å². The molecule has 1 heterocycles. The topological polar surface area (TPSA) is 102 Å². The molecule has 0 spiro atoms. The van der Waals surface area contributed by atoms with Crippen LogP contribution < -0.4 is 0 Å². The lowest BCUT2D eigenvalue weighted by atomic mass is 9.99. The standard InChI is InChI=1S/C25H28FN2O5P/c1-17(2)24-22(9-6-14-33-34(32)16-21(29)15-23(30)31)25(18-10-12-19(26)13-11-18)28(27-24)20-7-4-3-5-8-20/h3-13,17,21,29,34H,14-16H2,1-2H3,(H,30,31)/b9-6+. The number of aliphatic hydroxyl groups is 1. The number of aliphatic carboxylic acids is 1. The summed E-state index contributed by atoms with van der Waals surface area (Å²) in [4.78, 5) is 10.6. The van der Waals surface area contributed by atoms with E-state index in [9.17, 15) is 18.9 Å². The lowest BCUT2D eigenvalue weighted by Gasteiger charge is -2.09. The van der Waals surface area contributed by atoms with Gasteiger partial charge in [0, 0.05) is 17.3 Å². The van der Waals surface area contributed by atoms with Gasteiger partial charge in [0.2, 0.25) is 0 Å². The summed E-state index contributed by atoms with van der Waals surface area (Å²) in [6.45, 7) is 4.08. The van der Waals surface area contributed by atoms with Crippen LogP contribution in [-0.2, 0) is 13.9 Å². The van der Waals surface area contributed by atoms with Gasteiger partial charge in [0.05, 0.1) is 36.2 Å². The normalized spacial score (nSPS) is 13.4. The number of benzene rings is 2. The molecule has 2 N–H and O–H groups in total. The van der Waals surface area contributed by atoms with Crippen molar-refractivity contribution in [1.82, 2.24) is 9.78 Å². The van der Waals surface area contributed by atoms with Crippen molar-refractivity contribution in [2.24, 2.45) is 0 Å². The van der Waals surface area contributed by atoms with E-state index in [2.05, 4.69) is 0 Å². The highest BCUT2D eigenvalue weighted by atomic mass is 31.1. The molecule has 7 nitrogen and oxygen atoms in total. The fraction of sp³-hybridized carbons (Fsp3) is 0.280. The molecule has 0 radical (unpaired) electrons. The average molecular weight is 486 g/mol. The molecule has 0 saturated heterocycles. The Labute approximate surface area is 198 Å². The Morgan fingerprint density at radius 3 is 2.47 bits per heavy atom. The highest BCUT2D eigenvalue weighted by Gasteiger charge is 2.21. The zero-order chi connectivity index (χ0) is 24.7. The number of hydrogen-bond donors (Lipinski definition) is 2. The second-order valence-corrected chi connectivity index (χ2v) is 9.54. The molecule has 0 fully saturated rings. The van der Waals surface area contributed by atoms with Crippen LogP contribution in [-0.4, -0.2) is 44.8 Å². The Bertz CT molecular complexity index is 1160. The maximum atomic E-state index is 13.6. The number of hydrogen-bond acceptors (Lipinski definition) is 5. The second-order valence-electron chi connectivity index (χ2n) is 8.10. The van der Waals surface area contributed by atoms with E-state index in [0.29, 0.717) is 0 Å². The maximum absolute atomic E-state index is 13.6. The number of rotatable bonds is 11. The van der Waals surface area contributed by atoms with E-state index < -0.39 is 26.5 Å². The van der Waals surface area contributed by atoms with Gasteiger partial charge in [0.15, 0.2) is 8.03 Å². The van der Waals surface area contributed by atoms with E-state index in [1.165, 1.54) is 12.1 Å². The van der Waals surface area contributed by atoms with Crippen molar-refractivity contribution in [3.8, 4) is 16.9 Å². The van der Waals surface area contributed by atoms with Crippen molar-refractivity contribution in [2.45, 2.75) is 32.3 Å². The number of carboxylic acid groups (broad SMARTS) is 1. The van der Waals surface area contributed by atoms with Gasteiger partial charge in [-0.15, -0.1) is 0 Å². The van der Waals surface area contributed by atoms with Crippen molar-refractivity contribution in [2.75, 3.05) is 12.8 Å². The molecule has 0 aliphatic carbocycles. The third kappa shape index (κ3) is 6.73. The first-order chi connectivity index (χ1) is 16.3. The van der Waals surface area contributed by atoms with E-state index in [1.807, 2.05) is 54.9 Å². The van der Waals surface area contributed by atoms with Crippen molar-refractivity contribution in [3.05, 3.63) is 77.7 Å². The Kier molecular flexibility index (Phi) is 8.93. The molecule has 9 heteroatoms. The predicted octanol–water partition coefficient (Wildman–Crippen LogP) is 5.14. The summed E-state index contributed by atoms with van der Waals surface area (Å²) < 4.78 is 32.8. The number of aromatic nitrogens is 2. The minimum absolute atomic E-state index is 0.0223. The summed E-state index contributed by atoms with van der Waals surface area (Å²) >= 11 is 0. The van der Waals surface area contributed by atoms with Gasteiger partial charge in [0.1, 0.15) is 5.82 Å². The van der Waals surface area contributed by atoms with E-state index in [1.54, 1.807) is 18.2 Å². The van der Waals surface area contributed by atoms with Crippen molar-refractivity contribution in [1.29, 1.82) is 0 Å². The molecule has 2 atom stereocenters. The number of carbonyl (C=O) groups is 1. The predicted molar refractivity (Wildman–Crippen MR) is 130 cm³/mol. The average Bonchev–Trinajstić information content (AvgIpc) is 3.17. The molecule has 1 aromatic heterocycles. The molecule has 0 amide bonds. The molecule has 180 valence electrons. The van der Waals surface area contributed by atoms with Crippen LogP contribution in [0.15, 0.2) is 60.7 Å². The van der Waals surface area contributed by atoms with E-state index in [0.717, 1.165) is 28.2 Å². The van der Waals surface area contributed by atoms with Gasteiger partial charge in [-0.2, -0.15) is 5.10 Å². The summed E-state index contributed by atoms with van der Waals surface area (Å²) in [6.07, 6.45) is 1.64. The van der Waals surface area contributed by atoms with Crippen LogP contribution in [0.3, 0.4) is 0 Å². The van der Waals surface area contributed by atoms with Gasteiger partial charge >= 0.3 is 5.97 Å². The summed E-state index contributed by atoms with van der Waals surface area (Å²) in [5.41, 5.74) is 4.10. The van der Waals surface area contributed by atoms with Crippen LogP contribution in [0.2, 0.25) is 0 Å². The Balaban J connectivity index is 1.91. The van der Waals surface area contributed by atoms with Crippen molar-refractivity contribution in [3.63, 3.8) is 0 Å². The van der Waals surface area contributed by atoms with Crippen LogP contribution in [0.4, 0.5) is 4.39 Å². The zero-order valence-corrected chi connectivity index (χ0v) is 20.0. The first-order valence-corrected chi connectivity index (χ1v) is 12.4. The van der Waals surface area contributed by atoms with E-state index >= 15 is 0 Å². The van der Waals surface area contributed by atoms with Crippen LogP contribution in [0.1, 0.15) is 37.4 Å². The molecular weight excluding hydrogens is 458 g/mol. The van der Waals surface area contributed by atoms with Crippen LogP contribution in [0, 0.1) is 5.82 Å². The SMILES string of the molecule is CC(C)c1nn(-c2ccccc2)c(-c2ccc(F)cc2)c1/C=C/CO[PH](=O)CC(O)CC(=O)O. The lowest BCUT2D eigenvalue weighted by molar-refractivity contribution is -0.138. The molecule has 2 unspecified atom stereocenters. The molecule has 34 heavy (non-hydrogen) atoms. The van der Waals surface area contributed by atoms with E-state index in [-0.39, 0.29) is 24.5 Å². The third-order valence-electron chi connectivity index (χ3n) is 5.05. The molecule has 3 rings (SSSR count). The molecule has 0 aliphatic heterocycles. The highest BCUT2D eigenvalue weighted by Crippen LogP contribution is 2.34. The van der Waals surface area contributed by atoms with Gasteiger partial charge in [0.25, 0.3) is 0 Å². The quantitative estimate of drug-likeness (QED) is 0.364. The highest BCUT2D eigenvalue weighted by molar-refractivity contribution is 7.39. The Morgan fingerprint density at radius 2 is 1.85 bits per heavy atom. The monoisotopic (exact) mass is 486 g/mol. The molecular formula is C25H28FN2O5P. The smallest absolute Gasteiger partial charge is 0.305 e. The Morgan fingerprint density at radius 1 is 1.18 bits per heavy atom. The van der Waals surface area contributed by atoms with E-state index in [4.69, 9.17) is 14.7 Å². The summed E-state index contributed by atoms with van der Waals surface area (Å²) in [7, 11) is -2.59. The van der Waals surface area contributed by atoms with Gasteiger partial charge in [-0.3, -0.25) is 9.36 Å². The van der Waals surface area contributed by atoms with Gasteiger partial charge in [-0.05, 0) is 42.3 Å². The fourth-order valence-electron chi connectivity index (χ4n) is 3.51. The first kappa shape index (κ1) is 25.6. The second kappa shape index (κ2) is 11.9. The maximum Gasteiger partial charge on any atom is 0.305 e. The van der Waals surface area contributed by atoms with Gasteiger partial charge < -0.3 is 14.7 Å². The summed E-state index contributed by atoms with van der Waals surface area (Å²) in [5.74, 6) is -1.40. The molecule has 0 bridgehead atoms. The van der Waals surface area contributed by atoms with Crippen molar-refractivity contribution >= 4 is 20.1 Å². The number of para-hydroxylation sites is 1. The molecule has 3 aromatic rings. The molecule has 0 aliphatic rings. The first-order valence-electron chi connectivity index (χ1n) is 10.9. The third-order valence-corrected chi connectivity index (χ3v) is 6.35. The summed E-state index contributed by atoms with van der Waals surface area (Å²) in [5, 5.41) is 23.2. The summed E-state index contributed by atoms with van der Waals surface area (Å²) in [6, 6.07) is 15.8. The van der Waals surface area contributed by atoms with Crippen LogP contribution in [0.5, 0.6) is 0 Å². The number of aliphatic hydroxyl groups excluding tert-OH is 1. The largest absolute Gasteiger partial charge is 0.481 e. The lowest BCUT2D eigenvalue weighted by Crippen LogP contribution is -2.15. The fourth-order valence-corrected chi connectivity index (χ4v) is 4.44.